The van der Waals surface area contributed by atoms with Crippen LogP contribution in [0.2, 0.25) is 10.0 Å². The number of amides is 2. The summed E-state index contributed by atoms with van der Waals surface area (Å²) in [6.07, 6.45) is 0. The summed E-state index contributed by atoms with van der Waals surface area (Å²) < 4.78 is 10.4. The van der Waals surface area contributed by atoms with Crippen LogP contribution in [0.15, 0.2) is 47.8 Å². The van der Waals surface area contributed by atoms with E-state index in [1.165, 1.54) is 17.4 Å². The number of ether oxygens (including phenoxy) is 2. The monoisotopic (exact) mass is 464 g/mol. The summed E-state index contributed by atoms with van der Waals surface area (Å²) in [4.78, 5) is 25.1. The molecule has 0 bridgehead atoms. The average molecular weight is 465 g/mol. The van der Waals surface area contributed by atoms with Crippen molar-refractivity contribution >= 4 is 57.2 Å². The smallest absolute Gasteiger partial charge is 0.341 e. The predicted octanol–water partition coefficient (Wildman–Crippen LogP) is 6.55. The van der Waals surface area contributed by atoms with E-state index in [2.05, 4.69) is 10.6 Å². The molecule has 2 N–H and O–H groups in total. The maximum atomic E-state index is 12.6. The van der Waals surface area contributed by atoms with Gasteiger partial charge >= 0.3 is 12.0 Å². The van der Waals surface area contributed by atoms with Gasteiger partial charge < -0.3 is 14.8 Å². The molecule has 0 aliphatic heterocycles. The van der Waals surface area contributed by atoms with E-state index in [4.69, 9.17) is 32.7 Å². The molecule has 0 radical (unpaired) electrons. The highest BCUT2D eigenvalue weighted by Crippen LogP contribution is 2.37. The third kappa shape index (κ3) is 5.05. The molecular weight excluding hydrogens is 447 g/mol. The van der Waals surface area contributed by atoms with Crippen molar-refractivity contribution in [3.05, 3.63) is 63.5 Å². The van der Waals surface area contributed by atoms with Gasteiger partial charge in [-0.3, -0.25) is 5.32 Å². The van der Waals surface area contributed by atoms with Gasteiger partial charge in [0.2, 0.25) is 0 Å². The molecule has 156 valence electrons. The number of hydrogen-bond acceptors (Lipinski definition) is 5. The molecule has 2 amide bonds. The maximum Gasteiger partial charge on any atom is 0.341 e. The minimum absolute atomic E-state index is 0.214. The average Bonchev–Trinajstić information content (AvgIpc) is 3.14. The van der Waals surface area contributed by atoms with Crippen LogP contribution in [-0.2, 0) is 4.74 Å². The van der Waals surface area contributed by atoms with Crippen LogP contribution in [0.5, 0.6) is 5.75 Å². The van der Waals surface area contributed by atoms with Crippen molar-refractivity contribution in [2.45, 2.75) is 6.92 Å². The Bertz CT molecular complexity index is 1070. The van der Waals surface area contributed by atoms with E-state index >= 15 is 0 Å². The van der Waals surface area contributed by atoms with E-state index in [0.717, 1.165) is 5.56 Å². The lowest BCUT2D eigenvalue weighted by Gasteiger charge is -2.10. The van der Waals surface area contributed by atoms with Crippen LogP contribution in [0.3, 0.4) is 0 Å². The number of anilines is 2. The predicted molar refractivity (Wildman–Crippen MR) is 121 cm³/mol. The molecule has 0 spiro atoms. The fourth-order valence-electron chi connectivity index (χ4n) is 2.68. The Balaban J connectivity index is 1.87. The Labute approximate surface area is 187 Å². The first-order chi connectivity index (χ1) is 14.4. The van der Waals surface area contributed by atoms with E-state index in [0.29, 0.717) is 32.0 Å². The molecule has 2 aromatic carbocycles. The van der Waals surface area contributed by atoms with Gasteiger partial charge in [0.1, 0.15) is 16.3 Å². The second-order valence-corrected chi connectivity index (χ2v) is 7.70. The van der Waals surface area contributed by atoms with Gasteiger partial charge in [-0.2, -0.15) is 0 Å². The van der Waals surface area contributed by atoms with Crippen LogP contribution in [0.4, 0.5) is 15.5 Å². The number of hydrogen-bond donors (Lipinski definition) is 2. The number of halogens is 2. The highest BCUT2D eigenvalue weighted by atomic mass is 35.5. The van der Waals surface area contributed by atoms with Crippen LogP contribution in [0.25, 0.3) is 11.1 Å². The van der Waals surface area contributed by atoms with Gasteiger partial charge in [0, 0.05) is 16.6 Å². The minimum Gasteiger partial charge on any atom is -0.497 e. The van der Waals surface area contributed by atoms with Crippen molar-refractivity contribution in [2.24, 2.45) is 0 Å². The number of thiophene rings is 1. The summed E-state index contributed by atoms with van der Waals surface area (Å²) in [5.41, 5.74) is 2.21. The molecule has 0 fully saturated rings. The minimum atomic E-state index is -0.526. The third-order valence-electron chi connectivity index (χ3n) is 4.08. The summed E-state index contributed by atoms with van der Waals surface area (Å²) >= 11 is 13.1. The molecule has 3 rings (SSSR count). The lowest BCUT2D eigenvalue weighted by molar-refractivity contribution is 0.0529. The third-order valence-corrected chi connectivity index (χ3v) is 5.71. The highest BCUT2D eigenvalue weighted by Gasteiger charge is 2.23. The van der Waals surface area contributed by atoms with Gasteiger partial charge in [-0.25, -0.2) is 9.59 Å². The molecule has 3 aromatic rings. The summed E-state index contributed by atoms with van der Waals surface area (Å²) in [5, 5.41) is 8.25. The zero-order chi connectivity index (χ0) is 21.7. The topological polar surface area (TPSA) is 76.7 Å². The van der Waals surface area contributed by atoms with Crippen LogP contribution >= 0.6 is 34.5 Å². The first-order valence-electron chi connectivity index (χ1n) is 8.89. The summed E-state index contributed by atoms with van der Waals surface area (Å²) in [6, 6.07) is 11.5. The van der Waals surface area contributed by atoms with Crippen LogP contribution in [0, 0.1) is 0 Å². The number of methoxy groups -OCH3 is 1. The SMILES string of the molecule is CCOC(=O)c1c(-c2ccc(OC)cc2)csc1NC(=O)Nc1ccc(Cl)c(Cl)c1. The van der Waals surface area contributed by atoms with Crippen molar-refractivity contribution in [3.63, 3.8) is 0 Å². The molecule has 0 atom stereocenters. The van der Waals surface area contributed by atoms with Crippen molar-refractivity contribution in [1.82, 2.24) is 0 Å². The molecular formula is C21H18Cl2N2O4S. The molecule has 9 heteroatoms. The zero-order valence-corrected chi connectivity index (χ0v) is 18.5. The Morgan fingerprint density at radius 2 is 1.77 bits per heavy atom. The van der Waals surface area contributed by atoms with Gasteiger partial charge in [0.05, 0.1) is 23.8 Å². The Morgan fingerprint density at radius 1 is 1.03 bits per heavy atom. The van der Waals surface area contributed by atoms with E-state index in [-0.39, 0.29) is 12.2 Å². The second kappa shape index (κ2) is 9.84. The van der Waals surface area contributed by atoms with Crippen molar-refractivity contribution < 1.29 is 19.1 Å². The standard InChI is InChI=1S/C21H18Cl2N2O4S/c1-3-29-20(26)18-15(12-4-7-14(28-2)8-5-12)11-30-19(18)25-21(27)24-13-6-9-16(22)17(23)10-13/h4-11H,3H2,1-2H3,(H2,24,25,27). The quantitative estimate of drug-likeness (QED) is 0.405. The molecule has 0 aliphatic carbocycles. The van der Waals surface area contributed by atoms with Crippen molar-refractivity contribution in [1.29, 1.82) is 0 Å². The van der Waals surface area contributed by atoms with Crippen LogP contribution < -0.4 is 15.4 Å². The lowest BCUT2D eigenvalue weighted by Crippen LogP contribution is -2.20. The van der Waals surface area contributed by atoms with Gasteiger partial charge in [-0.15, -0.1) is 11.3 Å². The maximum absolute atomic E-state index is 12.6. The molecule has 0 saturated heterocycles. The van der Waals surface area contributed by atoms with E-state index in [1.807, 2.05) is 12.1 Å². The van der Waals surface area contributed by atoms with E-state index in [1.54, 1.807) is 43.7 Å². The molecule has 1 heterocycles. The second-order valence-electron chi connectivity index (χ2n) is 6.01. The number of rotatable bonds is 6. The fourth-order valence-corrected chi connectivity index (χ4v) is 3.93. The first kappa shape index (κ1) is 22.0. The zero-order valence-electron chi connectivity index (χ0n) is 16.1. The van der Waals surface area contributed by atoms with Gasteiger partial charge in [0.25, 0.3) is 0 Å². The number of urea groups is 1. The fraction of sp³-hybridized carbons (Fsp3) is 0.143. The molecule has 1 aromatic heterocycles. The normalized spacial score (nSPS) is 10.4. The lowest BCUT2D eigenvalue weighted by atomic mass is 10.0. The number of esters is 1. The summed E-state index contributed by atoms with van der Waals surface area (Å²) in [7, 11) is 1.58. The molecule has 0 saturated carbocycles. The largest absolute Gasteiger partial charge is 0.497 e. The highest BCUT2D eigenvalue weighted by molar-refractivity contribution is 7.15. The van der Waals surface area contributed by atoms with E-state index in [9.17, 15) is 9.59 Å². The number of carbonyl (C=O) groups is 2. The number of benzene rings is 2. The van der Waals surface area contributed by atoms with Gasteiger partial charge in [-0.1, -0.05) is 35.3 Å². The molecule has 30 heavy (non-hydrogen) atoms. The van der Waals surface area contributed by atoms with Crippen LogP contribution in [0.1, 0.15) is 17.3 Å². The van der Waals surface area contributed by atoms with Crippen LogP contribution in [-0.4, -0.2) is 25.7 Å². The molecule has 0 aliphatic rings. The Kier molecular flexibility index (Phi) is 7.20. The van der Waals surface area contributed by atoms with E-state index < -0.39 is 12.0 Å². The number of nitrogens with one attached hydrogen (secondary N) is 2. The summed E-state index contributed by atoms with van der Waals surface area (Å²) in [5.74, 6) is 0.181. The Hall–Kier alpha value is -2.74. The molecule has 6 nitrogen and oxygen atoms in total. The van der Waals surface area contributed by atoms with Crippen molar-refractivity contribution in [3.8, 4) is 16.9 Å². The summed E-state index contributed by atoms with van der Waals surface area (Å²) in [6.45, 7) is 1.94. The number of carbonyl (C=O) groups excluding carboxylic acids is 2. The van der Waals surface area contributed by atoms with Gasteiger partial charge in [0.15, 0.2) is 0 Å². The molecule has 0 unspecified atom stereocenters. The van der Waals surface area contributed by atoms with Gasteiger partial charge in [-0.05, 0) is 42.8 Å². The first-order valence-corrected chi connectivity index (χ1v) is 10.5. The Morgan fingerprint density at radius 3 is 2.40 bits per heavy atom. The van der Waals surface area contributed by atoms with Crippen molar-refractivity contribution in [2.75, 3.05) is 24.4 Å².